The Hall–Kier alpha value is -1.32. The van der Waals surface area contributed by atoms with Crippen LogP contribution in [0.1, 0.15) is 55.4 Å². The van der Waals surface area contributed by atoms with Crippen LogP contribution in [0.3, 0.4) is 0 Å². The van der Waals surface area contributed by atoms with Crippen molar-refractivity contribution >= 4 is 5.97 Å². The Balaban J connectivity index is 3.12. The number of carboxylic acid groups (broad SMARTS) is 1. The fraction of sp³-hybridized carbons (Fsp3) is 0.636. The maximum absolute atomic E-state index is 11.1. The fourth-order valence-corrected chi connectivity index (χ4v) is 1.49. The van der Waals surface area contributed by atoms with E-state index in [1.165, 1.54) is 0 Å². The molecule has 0 saturated carbocycles. The molecule has 0 aliphatic rings. The predicted octanol–water partition coefficient (Wildman–Crippen LogP) is 2.69. The van der Waals surface area contributed by atoms with Gasteiger partial charge in [0, 0.05) is 5.92 Å². The normalized spacial score (nSPS) is 11.3. The van der Waals surface area contributed by atoms with E-state index in [0.29, 0.717) is 23.8 Å². The number of aromatic carboxylic acids is 1. The summed E-state index contributed by atoms with van der Waals surface area (Å²) in [5.74, 6) is -0.0634. The van der Waals surface area contributed by atoms with Crippen LogP contribution in [0.5, 0.6) is 0 Å². The number of hydrogen-bond donors (Lipinski definition) is 1. The summed E-state index contributed by atoms with van der Waals surface area (Å²) in [6.07, 6.45) is 0.637. The largest absolute Gasteiger partial charge is 0.477 e. The van der Waals surface area contributed by atoms with Gasteiger partial charge in [0.2, 0.25) is 0 Å². The lowest BCUT2D eigenvalue weighted by Gasteiger charge is -2.03. The molecule has 0 aromatic carbocycles. The SMILES string of the molecule is CC(C)Cc1noc(C(C)C)c1C(=O)O. The first-order chi connectivity index (χ1) is 6.93. The van der Waals surface area contributed by atoms with Gasteiger partial charge in [-0.25, -0.2) is 4.79 Å². The molecular formula is C11H17NO3. The first-order valence-corrected chi connectivity index (χ1v) is 5.15. The molecule has 15 heavy (non-hydrogen) atoms. The molecule has 0 atom stereocenters. The summed E-state index contributed by atoms with van der Waals surface area (Å²) in [5.41, 5.74) is 0.805. The second-order valence-electron chi connectivity index (χ2n) is 4.43. The van der Waals surface area contributed by atoms with Crippen molar-refractivity contribution in [1.29, 1.82) is 0 Å². The van der Waals surface area contributed by atoms with Crippen LogP contribution in [0.15, 0.2) is 4.52 Å². The van der Waals surface area contributed by atoms with E-state index >= 15 is 0 Å². The second kappa shape index (κ2) is 4.47. The molecule has 1 aromatic heterocycles. The zero-order valence-corrected chi connectivity index (χ0v) is 9.57. The molecule has 0 aliphatic carbocycles. The molecule has 1 N–H and O–H groups in total. The van der Waals surface area contributed by atoms with E-state index in [1.54, 1.807) is 0 Å². The molecule has 0 amide bonds. The third-order valence-electron chi connectivity index (χ3n) is 2.13. The van der Waals surface area contributed by atoms with Crippen LogP contribution >= 0.6 is 0 Å². The second-order valence-corrected chi connectivity index (χ2v) is 4.43. The Morgan fingerprint density at radius 2 is 2.00 bits per heavy atom. The van der Waals surface area contributed by atoms with Crippen molar-refractivity contribution < 1.29 is 14.4 Å². The molecule has 4 heteroatoms. The van der Waals surface area contributed by atoms with E-state index in [9.17, 15) is 4.79 Å². The smallest absolute Gasteiger partial charge is 0.341 e. The van der Waals surface area contributed by atoms with Crippen molar-refractivity contribution in [3.8, 4) is 0 Å². The lowest BCUT2D eigenvalue weighted by Crippen LogP contribution is -2.06. The monoisotopic (exact) mass is 211 g/mol. The zero-order chi connectivity index (χ0) is 11.6. The number of carbonyl (C=O) groups is 1. The Labute approximate surface area is 89.3 Å². The lowest BCUT2D eigenvalue weighted by atomic mass is 10.00. The zero-order valence-electron chi connectivity index (χ0n) is 9.57. The first-order valence-electron chi connectivity index (χ1n) is 5.15. The summed E-state index contributed by atoms with van der Waals surface area (Å²) >= 11 is 0. The van der Waals surface area contributed by atoms with Gasteiger partial charge in [-0.2, -0.15) is 0 Å². The Morgan fingerprint density at radius 1 is 1.40 bits per heavy atom. The Kier molecular flexibility index (Phi) is 3.50. The quantitative estimate of drug-likeness (QED) is 0.831. The van der Waals surface area contributed by atoms with Crippen molar-refractivity contribution in [3.05, 3.63) is 17.0 Å². The van der Waals surface area contributed by atoms with Crippen LogP contribution < -0.4 is 0 Å². The van der Waals surface area contributed by atoms with E-state index < -0.39 is 5.97 Å². The molecule has 4 nitrogen and oxygen atoms in total. The molecule has 1 rings (SSSR count). The molecule has 0 bridgehead atoms. The third kappa shape index (κ3) is 2.58. The number of rotatable bonds is 4. The highest BCUT2D eigenvalue weighted by molar-refractivity contribution is 5.90. The molecule has 0 aliphatic heterocycles. The van der Waals surface area contributed by atoms with Gasteiger partial charge in [0.05, 0.1) is 5.69 Å². The van der Waals surface area contributed by atoms with Crippen LogP contribution in [0.2, 0.25) is 0 Å². The van der Waals surface area contributed by atoms with Gasteiger partial charge in [-0.05, 0) is 12.3 Å². The van der Waals surface area contributed by atoms with Crippen molar-refractivity contribution in [2.75, 3.05) is 0 Å². The molecule has 0 spiro atoms. The highest BCUT2D eigenvalue weighted by Gasteiger charge is 2.24. The molecule has 0 saturated heterocycles. The standard InChI is InChI=1S/C11H17NO3/c1-6(2)5-8-9(11(13)14)10(7(3)4)15-12-8/h6-7H,5H2,1-4H3,(H,13,14). The average Bonchev–Trinajstić information content (AvgIpc) is 2.46. The molecular weight excluding hydrogens is 194 g/mol. The number of hydrogen-bond acceptors (Lipinski definition) is 3. The summed E-state index contributed by atoms with van der Waals surface area (Å²) in [5, 5.41) is 12.9. The molecule has 84 valence electrons. The molecule has 0 fully saturated rings. The number of carboxylic acids is 1. The van der Waals surface area contributed by atoms with Crippen LogP contribution in [-0.4, -0.2) is 16.2 Å². The van der Waals surface area contributed by atoms with Gasteiger partial charge < -0.3 is 9.63 Å². The maximum Gasteiger partial charge on any atom is 0.341 e. The highest BCUT2D eigenvalue weighted by Crippen LogP contribution is 2.24. The minimum Gasteiger partial charge on any atom is -0.477 e. The van der Waals surface area contributed by atoms with Crippen molar-refractivity contribution in [3.63, 3.8) is 0 Å². The van der Waals surface area contributed by atoms with E-state index in [1.807, 2.05) is 27.7 Å². The van der Waals surface area contributed by atoms with Crippen LogP contribution in [0.4, 0.5) is 0 Å². The molecule has 1 aromatic rings. The number of aromatic nitrogens is 1. The first kappa shape index (κ1) is 11.8. The van der Waals surface area contributed by atoms with Crippen molar-refractivity contribution in [2.24, 2.45) is 5.92 Å². The van der Waals surface area contributed by atoms with Crippen LogP contribution in [0, 0.1) is 5.92 Å². The van der Waals surface area contributed by atoms with Gasteiger partial charge in [-0.3, -0.25) is 0 Å². The topological polar surface area (TPSA) is 63.3 Å². The summed E-state index contributed by atoms with van der Waals surface area (Å²) in [6.45, 7) is 7.84. The van der Waals surface area contributed by atoms with E-state index in [0.717, 1.165) is 0 Å². The summed E-state index contributed by atoms with van der Waals surface area (Å²) in [4.78, 5) is 11.1. The van der Waals surface area contributed by atoms with Crippen molar-refractivity contribution in [2.45, 2.75) is 40.0 Å². The summed E-state index contributed by atoms with van der Waals surface area (Å²) in [6, 6.07) is 0. The van der Waals surface area contributed by atoms with E-state index in [2.05, 4.69) is 5.16 Å². The van der Waals surface area contributed by atoms with Crippen LogP contribution in [-0.2, 0) is 6.42 Å². The summed E-state index contributed by atoms with van der Waals surface area (Å²) in [7, 11) is 0. The Morgan fingerprint density at radius 3 is 2.40 bits per heavy atom. The van der Waals surface area contributed by atoms with Crippen LogP contribution in [0.25, 0.3) is 0 Å². The fourth-order valence-electron chi connectivity index (χ4n) is 1.49. The average molecular weight is 211 g/mol. The maximum atomic E-state index is 11.1. The van der Waals surface area contributed by atoms with Crippen molar-refractivity contribution in [1.82, 2.24) is 5.16 Å². The molecule has 0 unspecified atom stereocenters. The predicted molar refractivity (Wildman–Crippen MR) is 56.1 cm³/mol. The highest BCUT2D eigenvalue weighted by atomic mass is 16.5. The summed E-state index contributed by atoms with van der Waals surface area (Å²) < 4.78 is 5.09. The Bertz CT molecular complexity index is 353. The third-order valence-corrected chi connectivity index (χ3v) is 2.13. The van der Waals surface area contributed by atoms with E-state index in [-0.39, 0.29) is 11.5 Å². The van der Waals surface area contributed by atoms with Gasteiger partial charge in [0.25, 0.3) is 0 Å². The number of nitrogens with zero attached hydrogens (tertiary/aromatic N) is 1. The minimum absolute atomic E-state index is 0.0458. The molecule has 0 radical (unpaired) electrons. The van der Waals surface area contributed by atoms with Gasteiger partial charge in [-0.1, -0.05) is 32.9 Å². The van der Waals surface area contributed by atoms with Gasteiger partial charge >= 0.3 is 5.97 Å². The minimum atomic E-state index is -0.949. The van der Waals surface area contributed by atoms with Gasteiger partial charge in [-0.15, -0.1) is 0 Å². The van der Waals surface area contributed by atoms with Gasteiger partial charge in [0.15, 0.2) is 5.76 Å². The lowest BCUT2D eigenvalue weighted by molar-refractivity contribution is 0.0692. The molecule has 1 heterocycles. The van der Waals surface area contributed by atoms with Gasteiger partial charge in [0.1, 0.15) is 5.56 Å². The van der Waals surface area contributed by atoms with E-state index in [4.69, 9.17) is 9.63 Å².